The van der Waals surface area contributed by atoms with Gasteiger partial charge < -0.3 is 16.8 Å². The lowest BCUT2D eigenvalue weighted by molar-refractivity contribution is -0.126. The average molecular weight is 255 g/mol. The van der Waals surface area contributed by atoms with Crippen molar-refractivity contribution in [3.8, 4) is 0 Å². The van der Waals surface area contributed by atoms with Crippen LogP contribution in [0.15, 0.2) is 0 Å². The van der Waals surface area contributed by atoms with Crippen LogP contribution >= 0.6 is 0 Å². The number of unbranched alkanes of at least 4 members (excludes halogenated alkanes) is 1. The first-order valence-corrected chi connectivity index (χ1v) is 6.89. The number of amides is 2. The molecule has 0 aromatic heterocycles. The fourth-order valence-corrected chi connectivity index (χ4v) is 2.44. The molecule has 5 heteroatoms. The summed E-state index contributed by atoms with van der Waals surface area (Å²) in [6.07, 6.45) is 6.00. The summed E-state index contributed by atoms with van der Waals surface area (Å²) < 4.78 is 0. The van der Waals surface area contributed by atoms with Crippen LogP contribution in [-0.2, 0) is 9.59 Å². The van der Waals surface area contributed by atoms with E-state index < -0.39 is 0 Å². The molecule has 1 fully saturated rings. The zero-order valence-electron chi connectivity index (χ0n) is 11.0. The fourth-order valence-electron chi connectivity index (χ4n) is 2.44. The average Bonchev–Trinajstić information content (AvgIpc) is 2.38. The van der Waals surface area contributed by atoms with Gasteiger partial charge in [-0.25, -0.2) is 0 Å². The van der Waals surface area contributed by atoms with Gasteiger partial charge in [0.1, 0.15) is 0 Å². The predicted molar refractivity (Wildman–Crippen MR) is 70.6 cm³/mol. The molecule has 5 N–H and O–H groups in total. The van der Waals surface area contributed by atoms with Crippen LogP contribution in [0.1, 0.15) is 44.9 Å². The van der Waals surface area contributed by atoms with Crippen molar-refractivity contribution in [3.63, 3.8) is 0 Å². The quantitative estimate of drug-likeness (QED) is 0.578. The van der Waals surface area contributed by atoms with Crippen LogP contribution < -0.4 is 16.8 Å². The summed E-state index contributed by atoms with van der Waals surface area (Å²) in [7, 11) is 0. The number of primary amides is 1. The minimum absolute atomic E-state index is 0.156. The minimum Gasteiger partial charge on any atom is -0.370 e. The topological polar surface area (TPSA) is 98.2 Å². The molecule has 0 aromatic carbocycles. The van der Waals surface area contributed by atoms with Gasteiger partial charge in [-0.3, -0.25) is 9.59 Å². The van der Waals surface area contributed by atoms with Crippen molar-refractivity contribution in [2.24, 2.45) is 23.3 Å². The van der Waals surface area contributed by atoms with Crippen LogP contribution in [0.2, 0.25) is 0 Å². The summed E-state index contributed by atoms with van der Waals surface area (Å²) in [6.45, 7) is 1.38. The van der Waals surface area contributed by atoms with E-state index in [0.29, 0.717) is 18.9 Å². The highest BCUT2D eigenvalue weighted by Gasteiger charge is 2.25. The van der Waals surface area contributed by atoms with E-state index in [-0.39, 0.29) is 17.7 Å². The van der Waals surface area contributed by atoms with Crippen molar-refractivity contribution in [2.75, 3.05) is 13.1 Å². The second-order valence-corrected chi connectivity index (χ2v) is 5.17. The Balaban J connectivity index is 2.08. The van der Waals surface area contributed by atoms with E-state index >= 15 is 0 Å². The van der Waals surface area contributed by atoms with Crippen molar-refractivity contribution in [2.45, 2.75) is 44.9 Å². The summed E-state index contributed by atoms with van der Waals surface area (Å²) in [5, 5.41) is 2.94. The largest absolute Gasteiger partial charge is 0.370 e. The molecule has 0 radical (unpaired) electrons. The van der Waals surface area contributed by atoms with Crippen molar-refractivity contribution in [1.29, 1.82) is 0 Å². The molecular formula is C13H25N3O2. The molecule has 0 unspecified atom stereocenters. The monoisotopic (exact) mass is 255 g/mol. The van der Waals surface area contributed by atoms with E-state index in [1.54, 1.807) is 0 Å². The van der Waals surface area contributed by atoms with Gasteiger partial charge in [0.05, 0.1) is 0 Å². The van der Waals surface area contributed by atoms with Gasteiger partial charge in [-0.15, -0.1) is 0 Å². The molecule has 0 aliphatic heterocycles. The molecule has 0 aromatic rings. The first-order valence-electron chi connectivity index (χ1n) is 6.89. The third-order valence-electron chi connectivity index (χ3n) is 3.70. The Kier molecular flexibility index (Phi) is 6.72. The summed E-state index contributed by atoms with van der Waals surface area (Å²) in [6, 6.07) is 0. The minimum atomic E-state index is -0.276. The summed E-state index contributed by atoms with van der Waals surface area (Å²) in [5.41, 5.74) is 10.7. The van der Waals surface area contributed by atoms with E-state index in [1.807, 2.05) is 0 Å². The summed E-state index contributed by atoms with van der Waals surface area (Å²) in [4.78, 5) is 22.4. The van der Waals surface area contributed by atoms with Crippen molar-refractivity contribution >= 4 is 11.8 Å². The van der Waals surface area contributed by atoms with Gasteiger partial charge in [-0.2, -0.15) is 0 Å². The Morgan fingerprint density at radius 2 is 1.78 bits per heavy atom. The molecule has 0 saturated heterocycles. The first-order chi connectivity index (χ1) is 8.63. The molecule has 1 aliphatic rings. The van der Waals surface area contributed by atoms with E-state index in [9.17, 15) is 9.59 Å². The lowest BCUT2D eigenvalue weighted by atomic mass is 9.81. The lowest BCUT2D eigenvalue weighted by Crippen LogP contribution is -2.34. The standard InChI is InChI=1S/C13H25N3O2/c14-9-10-4-6-11(7-5-10)13(18)16-8-2-1-3-12(15)17/h10-11H,1-9,14H2,(H2,15,17)(H,16,18). The van der Waals surface area contributed by atoms with Gasteiger partial charge in [-0.1, -0.05) is 0 Å². The molecule has 0 atom stereocenters. The number of rotatable bonds is 7. The van der Waals surface area contributed by atoms with Gasteiger partial charge in [0.2, 0.25) is 11.8 Å². The number of hydrogen-bond donors (Lipinski definition) is 3. The molecule has 1 saturated carbocycles. The van der Waals surface area contributed by atoms with Crippen LogP contribution in [0.5, 0.6) is 0 Å². The zero-order valence-corrected chi connectivity index (χ0v) is 11.0. The number of nitrogens with two attached hydrogens (primary N) is 2. The van der Waals surface area contributed by atoms with E-state index in [0.717, 1.165) is 45.1 Å². The number of carbonyl (C=O) groups is 2. The Morgan fingerprint density at radius 3 is 2.33 bits per heavy atom. The van der Waals surface area contributed by atoms with Gasteiger partial charge in [0, 0.05) is 18.9 Å². The van der Waals surface area contributed by atoms with Crippen LogP contribution in [0.3, 0.4) is 0 Å². The second kappa shape index (κ2) is 8.08. The SMILES string of the molecule is NCC1CCC(C(=O)NCCCCC(N)=O)CC1. The molecule has 1 aliphatic carbocycles. The highest BCUT2D eigenvalue weighted by atomic mass is 16.2. The van der Waals surface area contributed by atoms with Gasteiger partial charge in [0.15, 0.2) is 0 Å². The maximum atomic E-state index is 11.9. The molecule has 0 spiro atoms. The highest BCUT2D eigenvalue weighted by Crippen LogP contribution is 2.28. The lowest BCUT2D eigenvalue weighted by Gasteiger charge is -2.26. The van der Waals surface area contributed by atoms with Gasteiger partial charge in [-0.05, 0) is 51.0 Å². The molecule has 0 bridgehead atoms. The van der Waals surface area contributed by atoms with Gasteiger partial charge in [0.25, 0.3) is 0 Å². The Morgan fingerprint density at radius 1 is 1.11 bits per heavy atom. The Bertz CT molecular complexity index is 273. The van der Waals surface area contributed by atoms with Crippen molar-refractivity contribution < 1.29 is 9.59 Å². The summed E-state index contributed by atoms with van der Waals surface area (Å²) >= 11 is 0. The van der Waals surface area contributed by atoms with Crippen molar-refractivity contribution in [1.82, 2.24) is 5.32 Å². The molecular weight excluding hydrogens is 230 g/mol. The summed E-state index contributed by atoms with van der Waals surface area (Å²) in [5.74, 6) is 0.638. The van der Waals surface area contributed by atoms with Gasteiger partial charge >= 0.3 is 0 Å². The van der Waals surface area contributed by atoms with Crippen LogP contribution in [0, 0.1) is 11.8 Å². The second-order valence-electron chi connectivity index (χ2n) is 5.17. The van der Waals surface area contributed by atoms with Crippen LogP contribution in [0.4, 0.5) is 0 Å². The van der Waals surface area contributed by atoms with Crippen LogP contribution in [-0.4, -0.2) is 24.9 Å². The maximum absolute atomic E-state index is 11.9. The molecule has 18 heavy (non-hydrogen) atoms. The van der Waals surface area contributed by atoms with E-state index in [4.69, 9.17) is 11.5 Å². The van der Waals surface area contributed by atoms with Crippen LogP contribution in [0.25, 0.3) is 0 Å². The normalized spacial score (nSPS) is 23.6. The number of carbonyl (C=O) groups excluding carboxylic acids is 2. The van der Waals surface area contributed by atoms with Crippen molar-refractivity contribution in [3.05, 3.63) is 0 Å². The molecule has 1 rings (SSSR count). The molecule has 104 valence electrons. The first kappa shape index (κ1) is 15.0. The van der Waals surface area contributed by atoms with E-state index in [2.05, 4.69) is 5.32 Å². The highest BCUT2D eigenvalue weighted by molar-refractivity contribution is 5.78. The number of hydrogen-bond acceptors (Lipinski definition) is 3. The third-order valence-corrected chi connectivity index (χ3v) is 3.70. The zero-order chi connectivity index (χ0) is 13.4. The van der Waals surface area contributed by atoms with E-state index in [1.165, 1.54) is 0 Å². The molecule has 2 amide bonds. The smallest absolute Gasteiger partial charge is 0.223 e. The number of nitrogens with one attached hydrogen (secondary N) is 1. The maximum Gasteiger partial charge on any atom is 0.223 e. The predicted octanol–water partition coefficient (Wildman–Crippen LogP) is 0.523. The third kappa shape index (κ3) is 5.49. The Labute approximate surface area is 109 Å². The fraction of sp³-hybridized carbons (Fsp3) is 0.846. The molecule has 0 heterocycles. The Hall–Kier alpha value is -1.10. The molecule has 5 nitrogen and oxygen atoms in total.